The number of aliphatic hydroxyl groups excluding tert-OH is 1. The van der Waals surface area contributed by atoms with Gasteiger partial charge in [0.2, 0.25) is 0 Å². The Morgan fingerprint density at radius 3 is 2.68 bits per heavy atom. The van der Waals surface area contributed by atoms with Crippen molar-refractivity contribution < 1.29 is 14.2 Å². The van der Waals surface area contributed by atoms with Gasteiger partial charge in [-0.2, -0.15) is 0 Å². The van der Waals surface area contributed by atoms with E-state index in [1.807, 2.05) is 13.8 Å². The Labute approximate surface area is 114 Å². The van der Waals surface area contributed by atoms with E-state index in [-0.39, 0.29) is 17.8 Å². The molecule has 4 heteroatoms. The number of aliphatic hydroxyl groups is 1. The highest BCUT2D eigenvalue weighted by Crippen LogP contribution is 2.30. The molecule has 3 unspecified atom stereocenters. The molecule has 0 bridgehead atoms. The zero-order valence-electron chi connectivity index (χ0n) is 11.9. The molecule has 0 aromatic heterocycles. The summed E-state index contributed by atoms with van der Waals surface area (Å²) >= 11 is 0. The number of benzene rings is 1. The van der Waals surface area contributed by atoms with E-state index in [0.717, 1.165) is 18.4 Å². The molecule has 3 nitrogen and oxygen atoms in total. The van der Waals surface area contributed by atoms with Crippen LogP contribution in [-0.4, -0.2) is 24.4 Å². The van der Waals surface area contributed by atoms with Crippen molar-refractivity contribution in [2.45, 2.75) is 51.2 Å². The number of nitrogens with two attached hydrogens (primary N) is 1. The van der Waals surface area contributed by atoms with Gasteiger partial charge in [0.05, 0.1) is 13.2 Å². The van der Waals surface area contributed by atoms with Crippen LogP contribution >= 0.6 is 0 Å². The molecular formula is C15H24FNO2. The quantitative estimate of drug-likeness (QED) is 0.800. The largest absolute Gasteiger partial charge is 0.496 e. The van der Waals surface area contributed by atoms with Gasteiger partial charge in [0.1, 0.15) is 11.6 Å². The van der Waals surface area contributed by atoms with Crippen LogP contribution in [0, 0.1) is 5.82 Å². The molecule has 0 radical (unpaired) electrons. The maximum Gasteiger partial charge on any atom is 0.123 e. The van der Waals surface area contributed by atoms with Crippen molar-refractivity contribution in [1.29, 1.82) is 0 Å². The van der Waals surface area contributed by atoms with Gasteiger partial charge in [0.15, 0.2) is 0 Å². The van der Waals surface area contributed by atoms with Gasteiger partial charge in [-0.05, 0) is 42.5 Å². The molecule has 0 spiro atoms. The highest BCUT2D eigenvalue weighted by molar-refractivity contribution is 5.36. The molecular weight excluding hydrogens is 245 g/mol. The van der Waals surface area contributed by atoms with Gasteiger partial charge in [-0.1, -0.05) is 20.3 Å². The fourth-order valence-corrected chi connectivity index (χ4v) is 2.28. The molecule has 0 aliphatic rings. The summed E-state index contributed by atoms with van der Waals surface area (Å²) in [5.74, 6) is 0.337. The van der Waals surface area contributed by atoms with Gasteiger partial charge in [-0.25, -0.2) is 4.39 Å². The third kappa shape index (κ3) is 4.48. The van der Waals surface area contributed by atoms with Crippen molar-refractivity contribution in [2.75, 3.05) is 7.11 Å². The number of halogens is 1. The van der Waals surface area contributed by atoms with Crippen LogP contribution in [0.2, 0.25) is 0 Å². The number of ether oxygens (including phenoxy) is 1. The zero-order chi connectivity index (χ0) is 14.4. The number of rotatable bonds is 7. The van der Waals surface area contributed by atoms with Crippen molar-refractivity contribution in [2.24, 2.45) is 5.73 Å². The van der Waals surface area contributed by atoms with Crippen LogP contribution in [0.3, 0.4) is 0 Å². The van der Waals surface area contributed by atoms with Crippen LogP contribution in [0.15, 0.2) is 18.2 Å². The van der Waals surface area contributed by atoms with E-state index in [4.69, 9.17) is 10.5 Å². The molecule has 0 heterocycles. The lowest BCUT2D eigenvalue weighted by Crippen LogP contribution is -2.35. The van der Waals surface area contributed by atoms with Crippen molar-refractivity contribution in [3.8, 4) is 5.75 Å². The standard InChI is InChI=1S/C15H24FNO2/c1-4-5-13(17)14(18)8-10(2)12-9-11(16)6-7-15(12)19-3/h6-7,9-10,13-14,18H,4-5,8,17H2,1-3H3. The maximum atomic E-state index is 13.3. The van der Waals surface area contributed by atoms with Crippen molar-refractivity contribution in [1.82, 2.24) is 0 Å². The normalized spacial score (nSPS) is 15.9. The van der Waals surface area contributed by atoms with Crippen LogP contribution in [0.5, 0.6) is 5.75 Å². The van der Waals surface area contributed by atoms with Gasteiger partial charge < -0.3 is 15.6 Å². The second kappa shape index (κ2) is 7.46. The number of hydrogen-bond acceptors (Lipinski definition) is 3. The smallest absolute Gasteiger partial charge is 0.123 e. The Morgan fingerprint density at radius 1 is 1.42 bits per heavy atom. The Bertz CT molecular complexity index is 398. The Hall–Kier alpha value is -1.13. The lowest BCUT2D eigenvalue weighted by Gasteiger charge is -2.23. The summed E-state index contributed by atoms with van der Waals surface area (Å²) in [4.78, 5) is 0. The van der Waals surface area contributed by atoms with Gasteiger partial charge in [-0.15, -0.1) is 0 Å². The number of methoxy groups -OCH3 is 1. The fraction of sp³-hybridized carbons (Fsp3) is 0.600. The zero-order valence-corrected chi connectivity index (χ0v) is 11.9. The van der Waals surface area contributed by atoms with Gasteiger partial charge in [-0.3, -0.25) is 0 Å². The molecule has 0 aliphatic heterocycles. The molecule has 1 rings (SSSR count). The molecule has 1 aromatic carbocycles. The van der Waals surface area contributed by atoms with Gasteiger partial charge in [0.25, 0.3) is 0 Å². The molecule has 108 valence electrons. The average Bonchev–Trinajstić information content (AvgIpc) is 2.38. The predicted octanol–water partition coefficient (Wildman–Crippen LogP) is 2.82. The molecule has 19 heavy (non-hydrogen) atoms. The first-order valence-electron chi connectivity index (χ1n) is 6.76. The third-order valence-corrected chi connectivity index (χ3v) is 3.43. The van der Waals surface area contributed by atoms with E-state index in [9.17, 15) is 9.50 Å². The average molecular weight is 269 g/mol. The lowest BCUT2D eigenvalue weighted by atomic mass is 9.90. The monoisotopic (exact) mass is 269 g/mol. The minimum atomic E-state index is -0.581. The number of hydrogen-bond donors (Lipinski definition) is 2. The summed E-state index contributed by atoms with van der Waals surface area (Å²) in [5, 5.41) is 10.1. The van der Waals surface area contributed by atoms with Crippen molar-refractivity contribution in [3.63, 3.8) is 0 Å². The molecule has 0 amide bonds. The Kier molecular flexibility index (Phi) is 6.25. The summed E-state index contributed by atoms with van der Waals surface area (Å²) in [6, 6.07) is 4.21. The van der Waals surface area contributed by atoms with Crippen LogP contribution in [0.4, 0.5) is 4.39 Å². The van der Waals surface area contributed by atoms with E-state index in [0.29, 0.717) is 12.2 Å². The topological polar surface area (TPSA) is 55.5 Å². The fourth-order valence-electron chi connectivity index (χ4n) is 2.28. The van der Waals surface area contributed by atoms with Crippen LogP contribution in [0.25, 0.3) is 0 Å². The van der Waals surface area contributed by atoms with E-state index < -0.39 is 6.10 Å². The predicted molar refractivity (Wildman–Crippen MR) is 74.9 cm³/mol. The van der Waals surface area contributed by atoms with Crippen LogP contribution < -0.4 is 10.5 Å². The molecule has 3 atom stereocenters. The lowest BCUT2D eigenvalue weighted by molar-refractivity contribution is 0.123. The summed E-state index contributed by atoms with van der Waals surface area (Å²) < 4.78 is 18.5. The van der Waals surface area contributed by atoms with Crippen LogP contribution in [-0.2, 0) is 0 Å². The van der Waals surface area contributed by atoms with E-state index >= 15 is 0 Å². The first-order valence-corrected chi connectivity index (χ1v) is 6.76. The molecule has 0 aliphatic carbocycles. The minimum absolute atomic E-state index is 0.0106. The summed E-state index contributed by atoms with van der Waals surface area (Å²) in [7, 11) is 1.56. The molecule has 1 aromatic rings. The molecule has 0 fully saturated rings. The third-order valence-electron chi connectivity index (χ3n) is 3.43. The summed E-state index contributed by atoms with van der Waals surface area (Å²) in [6.45, 7) is 3.98. The SMILES string of the molecule is CCCC(N)C(O)CC(C)c1cc(F)ccc1OC. The van der Waals surface area contributed by atoms with Crippen LogP contribution in [0.1, 0.15) is 44.6 Å². The van der Waals surface area contributed by atoms with Crippen molar-refractivity contribution in [3.05, 3.63) is 29.6 Å². The van der Waals surface area contributed by atoms with Gasteiger partial charge in [0, 0.05) is 6.04 Å². The highest BCUT2D eigenvalue weighted by atomic mass is 19.1. The minimum Gasteiger partial charge on any atom is -0.496 e. The van der Waals surface area contributed by atoms with E-state index in [1.165, 1.54) is 12.1 Å². The molecule has 0 saturated heterocycles. The first-order chi connectivity index (χ1) is 8.99. The van der Waals surface area contributed by atoms with E-state index in [2.05, 4.69) is 0 Å². The van der Waals surface area contributed by atoms with Crippen molar-refractivity contribution >= 4 is 0 Å². The molecule has 0 saturated carbocycles. The Morgan fingerprint density at radius 2 is 2.11 bits per heavy atom. The second-order valence-electron chi connectivity index (χ2n) is 5.04. The Balaban J connectivity index is 2.77. The van der Waals surface area contributed by atoms with Gasteiger partial charge >= 0.3 is 0 Å². The summed E-state index contributed by atoms with van der Waals surface area (Å²) in [5.41, 5.74) is 6.67. The van der Waals surface area contributed by atoms with E-state index in [1.54, 1.807) is 13.2 Å². The molecule has 3 N–H and O–H groups in total. The first kappa shape index (κ1) is 15.9. The maximum absolute atomic E-state index is 13.3. The second-order valence-corrected chi connectivity index (χ2v) is 5.04. The highest BCUT2D eigenvalue weighted by Gasteiger charge is 2.20. The summed E-state index contributed by atoms with van der Waals surface area (Å²) in [6.07, 6.45) is 1.65.